The quantitative estimate of drug-likeness (QED) is 0.779. The molecule has 0 saturated carbocycles. The van der Waals surface area contributed by atoms with Crippen molar-refractivity contribution in [3.63, 3.8) is 0 Å². The lowest BCUT2D eigenvalue weighted by Crippen LogP contribution is -2.07. The van der Waals surface area contributed by atoms with Gasteiger partial charge in [-0.1, -0.05) is 17.8 Å². The van der Waals surface area contributed by atoms with Gasteiger partial charge in [-0.15, -0.1) is 10.2 Å². The number of thioether (sulfide) groups is 1. The van der Waals surface area contributed by atoms with Crippen molar-refractivity contribution in [2.75, 3.05) is 11.5 Å². The van der Waals surface area contributed by atoms with Crippen LogP contribution in [0.25, 0.3) is 0 Å². The lowest BCUT2D eigenvalue weighted by atomic mass is 10.2. The molecule has 100 valence electrons. The van der Waals surface area contributed by atoms with Crippen LogP contribution in [0.4, 0.5) is 5.95 Å². The Labute approximate surface area is 113 Å². The summed E-state index contributed by atoms with van der Waals surface area (Å²) in [4.78, 5) is 14.8. The highest BCUT2D eigenvalue weighted by atomic mass is 32.2. The van der Waals surface area contributed by atoms with Crippen LogP contribution in [0.1, 0.15) is 11.3 Å². The fourth-order valence-corrected chi connectivity index (χ4v) is 2.12. The van der Waals surface area contributed by atoms with Gasteiger partial charge >= 0.3 is 5.97 Å². The predicted molar refractivity (Wildman–Crippen MR) is 70.9 cm³/mol. The molecule has 0 saturated heterocycles. The predicted octanol–water partition coefficient (Wildman–Crippen LogP) is 0.789. The number of hydrogen-bond donors (Lipinski definition) is 2. The second kappa shape index (κ2) is 5.70. The maximum Gasteiger partial charge on any atom is 0.313 e. The maximum atomic E-state index is 10.6. The number of aliphatic carboxylic acids is 1. The van der Waals surface area contributed by atoms with Gasteiger partial charge in [0.25, 0.3) is 0 Å². The molecule has 0 unspecified atom stereocenters. The third-order valence-corrected chi connectivity index (χ3v) is 3.34. The number of aromatic nitrogens is 4. The Balaban J connectivity index is 2.16. The van der Waals surface area contributed by atoms with Crippen LogP contribution in [0.2, 0.25) is 0 Å². The summed E-state index contributed by atoms with van der Waals surface area (Å²) in [5.41, 5.74) is 7.62. The number of nitrogen functional groups attached to an aromatic ring is 1. The molecule has 0 aliphatic heterocycles. The van der Waals surface area contributed by atoms with Crippen molar-refractivity contribution in [2.24, 2.45) is 0 Å². The average Bonchev–Trinajstić information content (AvgIpc) is 2.71. The van der Waals surface area contributed by atoms with Gasteiger partial charge in [0.1, 0.15) is 0 Å². The molecule has 0 radical (unpaired) electrons. The van der Waals surface area contributed by atoms with Crippen molar-refractivity contribution in [3.8, 4) is 0 Å². The maximum absolute atomic E-state index is 10.6. The molecule has 3 N–H and O–H groups in total. The van der Waals surface area contributed by atoms with Gasteiger partial charge in [-0.05, 0) is 18.6 Å². The molecule has 2 aromatic rings. The molecule has 2 heterocycles. The van der Waals surface area contributed by atoms with Gasteiger partial charge in [0.2, 0.25) is 5.95 Å². The Hall–Kier alpha value is -2.09. The van der Waals surface area contributed by atoms with Crippen LogP contribution in [-0.2, 0) is 11.3 Å². The number of carboxylic acids is 1. The number of aryl methyl sites for hydroxylation is 1. The van der Waals surface area contributed by atoms with Crippen molar-refractivity contribution in [1.29, 1.82) is 0 Å². The number of nitrogens with zero attached hydrogens (tertiary/aromatic N) is 4. The van der Waals surface area contributed by atoms with E-state index in [0.29, 0.717) is 11.7 Å². The highest BCUT2D eigenvalue weighted by Gasteiger charge is 2.12. The monoisotopic (exact) mass is 279 g/mol. The van der Waals surface area contributed by atoms with Crippen molar-refractivity contribution < 1.29 is 9.90 Å². The van der Waals surface area contributed by atoms with E-state index in [1.807, 2.05) is 19.1 Å². The molecule has 0 aliphatic carbocycles. The number of anilines is 1. The van der Waals surface area contributed by atoms with Crippen LogP contribution in [0.3, 0.4) is 0 Å². The number of rotatable bonds is 5. The Kier molecular flexibility index (Phi) is 4.00. The van der Waals surface area contributed by atoms with Gasteiger partial charge < -0.3 is 10.8 Å². The van der Waals surface area contributed by atoms with Crippen molar-refractivity contribution in [3.05, 3.63) is 29.6 Å². The summed E-state index contributed by atoms with van der Waals surface area (Å²) < 4.78 is 1.67. The van der Waals surface area contributed by atoms with E-state index in [9.17, 15) is 4.79 Å². The number of pyridine rings is 1. The Morgan fingerprint density at radius 1 is 1.47 bits per heavy atom. The molecule has 0 spiro atoms. The molecule has 0 aromatic carbocycles. The van der Waals surface area contributed by atoms with E-state index >= 15 is 0 Å². The zero-order chi connectivity index (χ0) is 13.8. The Morgan fingerprint density at radius 3 is 2.89 bits per heavy atom. The number of nitrogens with two attached hydrogens (primary N) is 1. The zero-order valence-corrected chi connectivity index (χ0v) is 11.1. The van der Waals surface area contributed by atoms with Crippen molar-refractivity contribution in [2.45, 2.75) is 18.6 Å². The van der Waals surface area contributed by atoms with Gasteiger partial charge in [0, 0.05) is 11.9 Å². The van der Waals surface area contributed by atoms with Gasteiger partial charge in [-0.2, -0.15) is 0 Å². The fraction of sp³-hybridized carbons (Fsp3) is 0.273. The van der Waals surface area contributed by atoms with E-state index in [-0.39, 0.29) is 11.7 Å². The van der Waals surface area contributed by atoms with E-state index in [1.165, 1.54) is 0 Å². The van der Waals surface area contributed by atoms with Crippen LogP contribution in [0, 0.1) is 6.92 Å². The SMILES string of the molecule is Cc1ccc(Cn2c(N)nnc2SCC(=O)O)cn1. The lowest BCUT2D eigenvalue weighted by Gasteiger charge is -2.07. The Bertz CT molecular complexity index is 581. The highest BCUT2D eigenvalue weighted by Crippen LogP contribution is 2.19. The summed E-state index contributed by atoms with van der Waals surface area (Å²) in [6, 6.07) is 3.84. The molecule has 0 amide bonds. The molecule has 7 nitrogen and oxygen atoms in total. The molecule has 19 heavy (non-hydrogen) atoms. The molecule has 0 atom stereocenters. The number of hydrogen-bond acceptors (Lipinski definition) is 6. The fourth-order valence-electron chi connectivity index (χ4n) is 1.46. The summed E-state index contributed by atoms with van der Waals surface area (Å²) in [5, 5.41) is 16.8. The van der Waals surface area contributed by atoms with E-state index < -0.39 is 5.97 Å². The first kappa shape index (κ1) is 13.3. The van der Waals surface area contributed by atoms with Crippen LogP contribution in [0.5, 0.6) is 0 Å². The third-order valence-electron chi connectivity index (χ3n) is 2.38. The lowest BCUT2D eigenvalue weighted by molar-refractivity contribution is -0.133. The summed E-state index contributed by atoms with van der Waals surface area (Å²) >= 11 is 1.09. The van der Waals surface area contributed by atoms with Gasteiger partial charge in [0.15, 0.2) is 5.16 Å². The first-order valence-corrected chi connectivity index (χ1v) is 6.49. The minimum Gasteiger partial charge on any atom is -0.481 e. The minimum atomic E-state index is -0.907. The van der Waals surface area contributed by atoms with Crippen LogP contribution in [-0.4, -0.2) is 36.6 Å². The van der Waals surface area contributed by atoms with Crippen LogP contribution >= 0.6 is 11.8 Å². The molecule has 2 aromatic heterocycles. The number of carboxylic acid groups (broad SMARTS) is 1. The highest BCUT2D eigenvalue weighted by molar-refractivity contribution is 7.99. The standard InChI is InChI=1S/C11H13N5O2S/c1-7-2-3-8(4-13-7)5-16-10(12)14-15-11(16)19-6-9(17)18/h2-4H,5-6H2,1H3,(H2,12,14)(H,17,18). The molecule has 2 rings (SSSR count). The summed E-state index contributed by atoms with van der Waals surface area (Å²) in [6.07, 6.45) is 1.75. The van der Waals surface area contributed by atoms with Crippen molar-refractivity contribution in [1.82, 2.24) is 19.7 Å². The largest absolute Gasteiger partial charge is 0.481 e. The summed E-state index contributed by atoms with van der Waals surface area (Å²) in [6.45, 7) is 2.37. The van der Waals surface area contributed by atoms with Crippen molar-refractivity contribution >= 4 is 23.7 Å². The average molecular weight is 279 g/mol. The van der Waals surface area contributed by atoms with Gasteiger partial charge in [-0.25, -0.2) is 0 Å². The topological polar surface area (TPSA) is 107 Å². The summed E-state index contributed by atoms with van der Waals surface area (Å²) in [5.74, 6) is -0.729. The third kappa shape index (κ3) is 3.44. The Morgan fingerprint density at radius 2 is 2.26 bits per heavy atom. The second-order valence-electron chi connectivity index (χ2n) is 3.92. The molecule has 0 bridgehead atoms. The molecule has 0 fully saturated rings. The zero-order valence-electron chi connectivity index (χ0n) is 10.3. The van der Waals surface area contributed by atoms with E-state index in [0.717, 1.165) is 23.0 Å². The summed E-state index contributed by atoms with van der Waals surface area (Å²) in [7, 11) is 0. The molecule has 0 aliphatic rings. The van der Waals surface area contributed by atoms with Crippen LogP contribution in [0.15, 0.2) is 23.5 Å². The smallest absolute Gasteiger partial charge is 0.313 e. The normalized spacial score (nSPS) is 10.6. The molecule has 8 heteroatoms. The van der Waals surface area contributed by atoms with Gasteiger partial charge in [-0.3, -0.25) is 14.3 Å². The van der Waals surface area contributed by atoms with Crippen LogP contribution < -0.4 is 5.73 Å². The van der Waals surface area contributed by atoms with E-state index in [4.69, 9.17) is 10.8 Å². The molecular weight excluding hydrogens is 266 g/mol. The van der Waals surface area contributed by atoms with E-state index in [1.54, 1.807) is 10.8 Å². The first-order chi connectivity index (χ1) is 9.06. The van der Waals surface area contributed by atoms with Gasteiger partial charge in [0.05, 0.1) is 12.3 Å². The second-order valence-corrected chi connectivity index (χ2v) is 4.86. The first-order valence-electron chi connectivity index (χ1n) is 5.51. The molecular formula is C11H13N5O2S. The van der Waals surface area contributed by atoms with E-state index in [2.05, 4.69) is 15.2 Å². The minimum absolute atomic E-state index is 0.0791. The number of carbonyl (C=O) groups is 1.